The van der Waals surface area contributed by atoms with Gasteiger partial charge in [-0.25, -0.2) is 0 Å². The maximum Gasteiger partial charge on any atom is 0.308 e. The fraction of sp³-hybridized carbons (Fsp3) is 0.429. The molecule has 0 bridgehead atoms. The first kappa shape index (κ1) is 15.2. The number of nitrogens with one attached hydrogen (secondary N) is 1. The zero-order valence-electron chi connectivity index (χ0n) is 11.2. The molecule has 0 aliphatic carbocycles. The van der Waals surface area contributed by atoms with E-state index in [-0.39, 0.29) is 12.5 Å². The Morgan fingerprint density at radius 3 is 2.63 bits per heavy atom. The summed E-state index contributed by atoms with van der Waals surface area (Å²) in [6, 6.07) is 7.11. The van der Waals surface area contributed by atoms with Gasteiger partial charge in [-0.3, -0.25) is 9.59 Å². The smallest absolute Gasteiger partial charge is 0.308 e. The van der Waals surface area contributed by atoms with Gasteiger partial charge < -0.3 is 15.2 Å². The van der Waals surface area contributed by atoms with E-state index in [0.717, 1.165) is 5.56 Å². The number of carboxylic acids is 1. The van der Waals surface area contributed by atoms with Gasteiger partial charge >= 0.3 is 5.97 Å². The Balaban J connectivity index is 2.70. The summed E-state index contributed by atoms with van der Waals surface area (Å²) in [5.74, 6) is -1.72. The van der Waals surface area contributed by atoms with E-state index in [0.29, 0.717) is 18.6 Å². The molecular formula is C14H19NO4. The highest BCUT2D eigenvalue weighted by Gasteiger charge is 2.17. The van der Waals surface area contributed by atoms with E-state index in [2.05, 4.69) is 5.32 Å². The number of rotatable bonds is 7. The van der Waals surface area contributed by atoms with Crippen molar-refractivity contribution < 1.29 is 19.4 Å². The van der Waals surface area contributed by atoms with E-state index in [1.165, 1.54) is 0 Å². The molecule has 5 heteroatoms. The van der Waals surface area contributed by atoms with E-state index in [1.54, 1.807) is 26.2 Å². The van der Waals surface area contributed by atoms with Crippen LogP contribution in [0.3, 0.4) is 0 Å². The number of hydrogen-bond donors (Lipinski definition) is 2. The number of carbonyl (C=O) groups is 2. The van der Waals surface area contributed by atoms with Gasteiger partial charge in [0.1, 0.15) is 0 Å². The van der Waals surface area contributed by atoms with Gasteiger partial charge in [0, 0.05) is 19.2 Å². The molecule has 19 heavy (non-hydrogen) atoms. The Hall–Kier alpha value is -1.88. The van der Waals surface area contributed by atoms with Crippen molar-refractivity contribution in [3.05, 3.63) is 35.4 Å². The molecule has 1 aromatic rings. The van der Waals surface area contributed by atoms with Crippen molar-refractivity contribution in [2.24, 2.45) is 5.92 Å². The molecule has 1 aromatic carbocycles. The van der Waals surface area contributed by atoms with Crippen LogP contribution in [0.1, 0.15) is 29.3 Å². The number of ether oxygens (including phenoxy) is 1. The monoisotopic (exact) mass is 265 g/mol. The van der Waals surface area contributed by atoms with Crippen LogP contribution in [-0.2, 0) is 16.1 Å². The Kier molecular flexibility index (Phi) is 6.02. The zero-order valence-corrected chi connectivity index (χ0v) is 11.2. The van der Waals surface area contributed by atoms with Crippen molar-refractivity contribution in [2.75, 3.05) is 13.7 Å². The molecule has 0 heterocycles. The maximum absolute atomic E-state index is 12.0. The summed E-state index contributed by atoms with van der Waals surface area (Å²) in [5, 5.41) is 11.6. The summed E-state index contributed by atoms with van der Waals surface area (Å²) >= 11 is 0. The Morgan fingerprint density at radius 2 is 2.05 bits per heavy atom. The number of aliphatic carboxylic acids is 1. The van der Waals surface area contributed by atoms with Crippen LogP contribution in [0, 0.1) is 5.92 Å². The molecule has 1 unspecified atom stereocenters. The van der Waals surface area contributed by atoms with Gasteiger partial charge in [-0.05, 0) is 18.1 Å². The summed E-state index contributed by atoms with van der Waals surface area (Å²) in [4.78, 5) is 22.9. The van der Waals surface area contributed by atoms with Crippen molar-refractivity contribution in [1.82, 2.24) is 5.32 Å². The SMILES string of the molecule is CCC(CNC(=O)c1ccccc1COC)C(=O)O. The van der Waals surface area contributed by atoms with Crippen molar-refractivity contribution in [1.29, 1.82) is 0 Å². The molecule has 0 fully saturated rings. The minimum atomic E-state index is -0.895. The molecule has 1 rings (SSSR count). The maximum atomic E-state index is 12.0. The molecule has 2 N–H and O–H groups in total. The fourth-order valence-corrected chi connectivity index (χ4v) is 1.74. The Labute approximate surface area is 112 Å². The highest BCUT2D eigenvalue weighted by Crippen LogP contribution is 2.10. The second-order valence-electron chi connectivity index (χ2n) is 4.24. The molecule has 0 aliphatic heterocycles. The third-order valence-corrected chi connectivity index (χ3v) is 2.91. The highest BCUT2D eigenvalue weighted by atomic mass is 16.5. The third kappa shape index (κ3) is 4.37. The summed E-state index contributed by atoms with van der Waals surface area (Å²) < 4.78 is 5.03. The zero-order chi connectivity index (χ0) is 14.3. The lowest BCUT2D eigenvalue weighted by Gasteiger charge is -2.13. The van der Waals surface area contributed by atoms with Crippen LogP contribution in [0.5, 0.6) is 0 Å². The predicted molar refractivity (Wildman–Crippen MR) is 70.9 cm³/mol. The molecule has 5 nitrogen and oxygen atoms in total. The summed E-state index contributed by atoms with van der Waals surface area (Å²) in [6.45, 7) is 2.26. The Morgan fingerprint density at radius 1 is 1.37 bits per heavy atom. The second-order valence-corrected chi connectivity index (χ2v) is 4.24. The van der Waals surface area contributed by atoms with Crippen LogP contribution in [0.15, 0.2) is 24.3 Å². The molecule has 0 saturated carbocycles. The van der Waals surface area contributed by atoms with Gasteiger partial charge in [-0.15, -0.1) is 0 Å². The van der Waals surface area contributed by atoms with Crippen LogP contribution in [0.2, 0.25) is 0 Å². The molecule has 104 valence electrons. The normalized spacial score (nSPS) is 11.9. The van der Waals surface area contributed by atoms with Crippen LogP contribution < -0.4 is 5.32 Å². The van der Waals surface area contributed by atoms with Gasteiger partial charge in [0.2, 0.25) is 0 Å². The predicted octanol–water partition coefficient (Wildman–Crippen LogP) is 1.67. The Bertz CT molecular complexity index is 445. The molecule has 1 atom stereocenters. The van der Waals surface area contributed by atoms with Crippen LogP contribution in [0.25, 0.3) is 0 Å². The van der Waals surface area contributed by atoms with E-state index < -0.39 is 11.9 Å². The number of benzene rings is 1. The average molecular weight is 265 g/mol. The first-order chi connectivity index (χ1) is 9.10. The van der Waals surface area contributed by atoms with Gasteiger partial charge in [0.25, 0.3) is 5.91 Å². The van der Waals surface area contributed by atoms with Crippen LogP contribution in [0.4, 0.5) is 0 Å². The fourth-order valence-electron chi connectivity index (χ4n) is 1.74. The van der Waals surface area contributed by atoms with Gasteiger partial charge in [-0.1, -0.05) is 25.1 Å². The first-order valence-corrected chi connectivity index (χ1v) is 6.18. The molecule has 0 saturated heterocycles. The lowest BCUT2D eigenvalue weighted by atomic mass is 10.1. The topological polar surface area (TPSA) is 75.6 Å². The largest absolute Gasteiger partial charge is 0.481 e. The number of carbonyl (C=O) groups excluding carboxylic acids is 1. The van der Waals surface area contributed by atoms with Gasteiger partial charge in [0.15, 0.2) is 0 Å². The third-order valence-electron chi connectivity index (χ3n) is 2.91. The summed E-state index contributed by atoms with van der Waals surface area (Å²) in [7, 11) is 1.56. The molecule has 0 radical (unpaired) electrons. The van der Waals surface area contributed by atoms with Gasteiger partial charge in [0.05, 0.1) is 12.5 Å². The van der Waals surface area contributed by atoms with E-state index in [4.69, 9.17) is 9.84 Å². The van der Waals surface area contributed by atoms with Crippen molar-refractivity contribution in [3.63, 3.8) is 0 Å². The lowest BCUT2D eigenvalue weighted by molar-refractivity contribution is -0.141. The first-order valence-electron chi connectivity index (χ1n) is 6.18. The number of methoxy groups -OCH3 is 1. The molecule has 0 aromatic heterocycles. The van der Waals surface area contributed by atoms with Crippen molar-refractivity contribution >= 4 is 11.9 Å². The standard InChI is InChI=1S/C14H19NO4/c1-3-10(14(17)18)8-15-13(16)12-7-5-4-6-11(12)9-19-2/h4-7,10H,3,8-9H2,1-2H3,(H,15,16)(H,17,18). The average Bonchev–Trinajstić information content (AvgIpc) is 2.40. The quantitative estimate of drug-likeness (QED) is 0.786. The molecule has 0 aliphatic rings. The molecule has 1 amide bonds. The highest BCUT2D eigenvalue weighted by molar-refractivity contribution is 5.95. The minimum Gasteiger partial charge on any atom is -0.481 e. The second kappa shape index (κ2) is 7.53. The van der Waals surface area contributed by atoms with Crippen molar-refractivity contribution in [2.45, 2.75) is 20.0 Å². The van der Waals surface area contributed by atoms with Gasteiger partial charge in [-0.2, -0.15) is 0 Å². The number of hydrogen-bond acceptors (Lipinski definition) is 3. The van der Waals surface area contributed by atoms with Crippen molar-refractivity contribution in [3.8, 4) is 0 Å². The van der Waals surface area contributed by atoms with Crippen LogP contribution >= 0.6 is 0 Å². The molecular weight excluding hydrogens is 246 g/mol. The number of carboxylic acid groups (broad SMARTS) is 1. The van der Waals surface area contributed by atoms with E-state index in [1.807, 2.05) is 12.1 Å². The summed E-state index contributed by atoms with van der Waals surface area (Å²) in [6.07, 6.45) is 0.481. The van der Waals surface area contributed by atoms with E-state index in [9.17, 15) is 9.59 Å². The summed E-state index contributed by atoms with van der Waals surface area (Å²) in [5.41, 5.74) is 1.30. The molecule has 0 spiro atoms. The minimum absolute atomic E-state index is 0.131. The van der Waals surface area contributed by atoms with Crippen LogP contribution in [-0.4, -0.2) is 30.6 Å². The van der Waals surface area contributed by atoms with E-state index >= 15 is 0 Å². The number of amides is 1. The lowest BCUT2D eigenvalue weighted by Crippen LogP contribution is -2.33.